The Morgan fingerprint density at radius 2 is 1.82 bits per heavy atom. The van der Waals surface area contributed by atoms with E-state index in [1.807, 2.05) is 46.0 Å². The van der Waals surface area contributed by atoms with Crippen molar-refractivity contribution in [2.75, 3.05) is 11.9 Å². The number of hydrogen-bond donors (Lipinski definition) is 0. The van der Waals surface area contributed by atoms with Crippen LogP contribution in [0.4, 0.5) is 11.5 Å². The predicted molar refractivity (Wildman–Crippen MR) is 92.4 cm³/mol. The molecule has 0 aliphatic carbocycles. The van der Waals surface area contributed by atoms with Gasteiger partial charge in [0.25, 0.3) is 0 Å². The first-order chi connectivity index (χ1) is 10.5. The van der Waals surface area contributed by atoms with Gasteiger partial charge in [0, 0.05) is 12.7 Å². The third-order valence-corrected chi connectivity index (χ3v) is 4.21. The first kappa shape index (κ1) is 14.8. The van der Waals surface area contributed by atoms with Gasteiger partial charge < -0.3 is 9.64 Å². The molecular weight excluding hydrogens is 294 g/mol. The molecule has 1 aromatic carbocycles. The van der Waals surface area contributed by atoms with Crippen molar-refractivity contribution in [1.82, 2.24) is 9.97 Å². The maximum atomic E-state index is 5.69. The molecular formula is C17H19N3OS. The van der Waals surface area contributed by atoms with Crippen molar-refractivity contribution in [1.29, 1.82) is 0 Å². The number of ether oxygens (including phenoxy) is 1. The molecule has 3 rings (SSSR count). The fraction of sp³-hybridized carbons (Fsp3) is 0.294. The summed E-state index contributed by atoms with van der Waals surface area (Å²) >= 11 is 1.67. The second-order valence-electron chi connectivity index (χ2n) is 5.45. The average Bonchev–Trinajstić information content (AvgIpc) is 2.94. The van der Waals surface area contributed by atoms with Gasteiger partial charge >= 0.3 is 0 Å². The molecule has 0 unspecified atom stereocenters. The smallest absolute Gasteiger partial charge is 0.154 e. The number of nitrogens with zero attached hydrogens (tertiary/aromatic N) is 3. The minimum atomic E-state index is 0.179. The summed E-state index contributed by atoms with van der Waals surface area (Å²) in [4.78, 5) is 11.2. The lowest BCUT2D eigenvalue weighted by Crippen LogP contribution is -2.12. The Hall–Kier alpha value is -2.14. The first-order valence-corrected chi connectivity index (χ1v) is 8.15. The fourth-order valence-corrected chi connectivity index (χ4v) is 3.19. The molecule has 5 heteroatoms. The van der Waals surface area contributed by atoms with Crippen LogP contribution in [0.25, 0.3) is 10.2 Å². The van der Waals surface area contributed by atoms with E-state index in [0.29, 0.717) is 0 Å². The average molecular weight is 313 g/mol. The number of hydrogen-bond acceptors (Lipinski definition) is 5. The number of aromatic nitrogens is 2. The van der Waals surface area contributed by atoms with E-state index in [-0.39, 0.29) is 6.10 Å². The first-order valence-electron chi connectivity index (χ1n) is 7.27. The number of benzene rings is 1. The van der Waals surface area contributed by atoms with E-state index < -0.39 is 0 Å². The highest BCUT2D eigenvalue weighted by molar-refractivity contribution is 7.17. The molecule has 0 aliphatic heterocycles. The molecule has 0 fully saturated rings. The molecule has 0 atom stereocenters. The summed E-state index contributed by atoms with van der Waals surface area (Å²) < 4.78 is 6.80. The van der Waals surface area contributed by atoms with Crippen LogP contribution in [-0.4, -0.2) is 23.1 Å². The molecule has 3 aromatic rings. The molecule has 2 heterocycles. The molecule has 0 spiro atoms. The summed E-state index contributed by atoms with van der Waals surface area (Å²) in [6, 6.07) is 10.1. The molecule has 0 saturated carbocycles. The summed E-state index contributed by atoms with van der Waals surface area (Å²) in [6.45, 7) is 5.97. The highest BCUT2D eigenvalue weighted by Crippen LogP contribution is 2.32. The molecule has 22 heavy (non-hydrogen) atoms. The zero-order valence-electron chi connectivity index (χ0n) is 13.2. The summed E-state index contributed by atoms with van der Waals surface area (Å²) in [7, 11) is 2.03. The van der Waals surface area contributed by atoms with Crippen LogP contribution in [0.15, 0.2) is 35.7 Å². The molecule has 114 valence electrons. The van der Waals surface area contributed by atoms with E-state index in [0.717, 1.165) is 33.3 Å². The van der Waals surface area contributed by atoms with E-state index in [9.17, 15) is 0 Å². The Morgan fingerprint density at radius 1 is 1.09 bits per heavy atom. The lowest BCUT2D eigenvalue weighted by atomic mass is 10.2. The largest absolute Gasteiger partial charge is 0.491 e. The van der Waals surface area contributed by atoms with Gasteiger partial charge in [0.1, 0.15) is 11.6 Å². The van der Waals surface area contributed by atoms with E-state index in [1.54, 1.807) is 11.3 Å². The lowest BCUT2D eigenvalue weighted by Gasteiger charge is -2.20. The van der Waals surface area contributed by atoms with Crippen LogP contribution < -0.4 is 9.64 Å². The number of aryl methyl sites for hydroxylation is 1. The molecule has 4 nitrogen and oxygen atoms in total. The molecule has 2 aromatic heterocycles. The van der Waals surface area contributed by atoms with Gasteiger partial charge in [-0.15, -0.1) is 11.3 Å². The van der Waals surface area contributed by atoms with Crippen LogP contribution in [0, 0.1) is 6.92 Å². The van der Waals surface area contributed by atoms with Gasteiger partial charge in [0.05, 0.1) is 16.3 Å². The van der Waals surface area contributed by atoms with Crippen molar-refractivity contribution in [3.63, 3.8) is 0 Å². The summed E-state index contributed by atoms with van der Waals surface area (Å²) in [5.41, 5.74) is 2.07. The van der Waals surface area contributed by atoms with Crippen LogP contribution in [0.3, 0.4) is 0 Å². The Labute approximate surface area is 134 Å². The molecule has 0 bridgehead atoms. The van der Waals surface area contributed by atoms with E-state index in [2.05, 4.69) is 32.4 Å². The van der Waals surface area contributed by atoms with Crippen LogP contribution in [0.5, 0.6) is 5.75 Å². The maximum Gasteiger partial charge on any atom is 0.154 e. The summed E-state index contributed by atoms with van der Waals surface area (Å²) in [5, 5.41) is 2.05. The topological polar surface area (TPSA) is 38.2 Å². The Bertz CT molecular complexity index is 780. The van der Waals surface area contributed by atoms with Crippen molar-refractivity contribution >= 4 is 33.1 Å². The van der Waals surface area contributed by atoms with Gasteiger partial charge in [-0.1, -0.05) is 0 Å². The number of thiophene rings is 1. The van der Waals surface area contributed by atoms with Crippen LogP contribution in [0.2, 0.25) is 0 Å². The number of fused-ring (bicyclic) bond motifs is 1. The van der Waals surface area contributed by atoms with Crippen molar-refractivity contribution < 1.29 is 4.74 Å². The van der Waals surface area contributed by atoms with Gasteiger partial charge in [0.15, 0.2) is 5.82 Å². The minimum Gasteiger partial charge on any atom is -0.491 e. The van der Waals surface area contributed by atoms with Crippen molar-refractivity contribution in [2.24, 2.45) is 0 Å². The van der Waals surface area contributed by atoms with Gasteiger partial charge in [0.2, 0.25) is 0 Å². The van der Waals surface area contributed by atoms with Gasteiger partial charge in [-0.3, -0.25) is 0 Å². The van der Waals surface area contributed by atoms with Gasteiger partial charge in [-0.05, 0) is 56.5 Å². The highest BCUT2D eigenvalue weighted by Gasteiger charge is 2.13. The third kappa shape index (κ3) is 2.90. The lowest BCUT2D eigenvalue weighted by molar-refractivity contribution is 0.242. The SMILES string of the molecule is Cc1nc(N(C)c2ccc(OC(C)C)cc2)c2sccc2n1. The predicted octanol–water partition coefficient (Wildman–Crippen LogP) is 4.55. The van der Waals surface area contributed by atoms with Gasteiger partial charge in [-0.2, -0.15) is 0 Å². The van der Waals surface area contributed by atoms with E-state index in [4.69, 9.17) is 4.74 Å². The van der Waals surface area contributed by atoms with E-state index >= 15 is 0 Å². The van der Waals surface area contributed by atoms with E-state index in [1.165, 1.54) is 0 Å². The molecule has 0 N–H and O–H groups in total. The second-order valence-corrected chi connectivity index (χ2v) is 6.37. The zero-order chi connectivity index (χ0) is 15.7. The minimum absolute atomic E-state index is 0.179. The Balaban J connectivity index is 1.95. The quantitative estimate of drug-likeness (QED) is 0.708. The molecule has 0 saturated heterocycles. The number of anilines is 2. The van der Waals surface area contributed by atoms with Gasteiger partial charge in [-0.25, -0.2) is 9.97 Å². The van der Waals surface area contributed by atoms with Crippen LogP contribution >= 0.6 is 11.3 Å². The molecule has 0 radical (unpaired) electrons. The van der Waals surface area contributed by atoms with Crippen molar-refractivity contribution in [3.8, 4) is 5.75 Å². The molecule has 0 amide bonds. The number of rotatable bonds is 4. The van der Waals surface area contributed by atoms with Crippen molar-refractivity contribution in [3.05, 3.63) is 41.5 Å². The summed E-state index contributed by atoms with van der Waals surface area (Å²) in [5.74, 6) is 2.61. The zero-order valence-corrected chi connectivity index (χ0v) is 14.0. The Kier molecular flexibility index (Phi) is 3.98. The summed E-state index contributed by atoms with van der Waals surface area (Å²) in [6.07, 6.45) is 0.179. The maximum absolute atomic E-state index is 5.69. The second kappa shape index (κ2) is 5.93. The van der Waals surface area contributed by atoms with Crippen molar-refractivity contribution in [2.45, 2.75) is 26.9 Å². The third-order valence-electron chi connectivity index (χ3n) is 3.31. The molecule has 0 aliphatic rings. The monoisotopic (exact) mass is 313 g/mol. The fourth-order valence-electron chi connectivity index (χ4n) is 2.33. The Morgan fingerprint density at radius 3 is 2.50 bits per heavy atom. The highest BCUT2D eigenvalue weighted by atomic mass is 32.1. The van der Waals surface area contributed by atoms with Crippen LogP contribution in [0.1, 0.15) is 19.7 Å². The van der Waals surface area contributed by atoms with Crippen LogP contribution in [-0.2, 0) is 0 Å². The normalized spacial score (nSPS) is 11.1. The standard InChI is InChI=1S/C17H19N3OS/c1-11(2)21-14-7-5-13(6-8-14)20(4)17-16-15(9-10-22-16)18-12(3)19-17/h5-11H,1-4H3.